The number of nitrogens with one attached hydrogen (secondary N) is 1. The number of hydrogen-bond acceptors (Lipinski definition) is 5. The van der Waals surface area contributed by atoms with E-state index in [1.54, 1.807) is 17.0 Å². The van der Waals surface area contributed by atoms with Crippen LogP contribution in [-0.4, -0.2) is 58.6 Å². The van der Waals surface area contributed by atoms with Gasteiger partial charge in [0.25, 0.3) is 0 Å². The molecule has 5 rings (SSSR count). The van der Waals surface area contributed by atoms with Gasteiger partial charge in [0.05, 0.1) is 16.3 Å². The van der Waals surface area contributed by atoms with Crippen LogP contribution in [0.15, 0.2) is 36.4 Å². The lowest BCUT2D eigenvalue weighted by Crippen LogP contribution is -2.67. The molecule has 2 amide bonds. The van der Waals surface area contributed by atoms with E-state index in [2.05, 4.69) is 29.2 Å². The molecule has 0 radical (unpaired) electrons. The molecule has 1 fully saturated rings. The van der Waals surface area contributed by atoms with Gasteiger partial charge in [0.1, 0.15) is 11.6 Å². The average Bonchev–Trinajstić information content (AvgIpc) is 3.12. The molecule has 1 aromatic heterocycles. The third-order valence-corrected chi connectivity index (χ3v) is 7.94. The average molecular weight is 441 g/mol. The summed E-state index contributed by atoms with van der Waals surface area (Å²) in [5.74, 6) is -0.0658. The molecule has 2 heterocycles. The van der Waals surface area contributed by atoms with Gasteiger partial charge in [0, 0.05) is 18.5 Å². The number of carbonyl (C=O) groups is 1. The van der Waals surface area contributed by atoms with Gasteiger partial charge in [-0.15, -0.1) is 0 Å². The zero-order chi connectivity index (χ0) is 21.9. The van der Waals surface area contributed by atoms with Crippen LogP contribution >= 0.6 is 11.3 Å². The standard InChI is InChI=1S/C23H25FN4O2S/c1-23-8-9-27(2)18(10-13-4-6-15(29)12-16(13)23)20(23)28(3)22(30)26-21-25-17-7-5-14(24)11-19(17)31-21/h4-7,11-12,18,20,29H,8-10H2,1-3H3,(H,25,26,30). The summed E-state index contributed by atoms with van der Waals surface area (Å²) < 4.78 is 14.2. The second-order valence-electron chi connectivity index (χ2n) is 8.88. The molecule has 31 heavy (non-hydrogen) atoms. The Kier molecular flexibility index (Phi) is 4.67. The fourth-order valence-electron chi connectivity index (χ4n) is 5.39. The quantitative estimate of drug-likeness (QED) is 0.627. The summed E-state index contributed by atoms with van der Waals surface area (Å²) in [5, 5.41) is 13.5. The minimum Gasteiger partial charge on any atom is -0.508 e. The van der Waals surface area contributed by atoms with Crippen molar-refractivity contribution >= 4 is 32.7 Å². The minimum absolute atomic E-state index is 0.0626. The Morgan fingerprint density at radius 2 is 2.16 bits per heavy atom. The number of rotatable bonds is 2. The number of phenolic OH excluding ortho intramolecular Hbond substituents is 1. The van der Waals surface area contributed by atoms with Gasteiger partial charge in [0.2, 0.25) is 0 Å². The van der Waals surface area contributed by atoms with E-state index in [0.717, 1.165) is 24.9 Å². The molecule has 2 aliphatic rings. The number of benzene rings is 2. The molecular weight excluding hydrogens is 415 g/mol. The van der Waals surface area contributed by atoms with E-state index in [9.17, 15) is 14.3 Å². The lowest BCUT2D eigenvalue weighted by Gasteiger charge is -2.57. The van der Waals surface area contributed by atoms with Crippen LogP contribution in [0.25, 0.3) is 10.2 Å². The second-order valence-corrected chi connectivity index (χ2v) is 9.91. The van der Waals surface area contributed by atoms with Gasteiger partial charge in [-0.3, -0.25) is 5.32 Å². The van der Waals surface area contributed by atoms with Gasteiger partial charge in [-0.25, -0.2) is 14.2 Å². The van der Waals surface area contributed by atoms with E-state index in [1.807, 2.05) is 19.2 Å². The highest BCUT2D eigenvalue weighted by atomic mass is 32.1. The first-order chi connectivity index (χ1) is 14.8. The maximum Gasteiger partial charge on any atom is 0.323 e. The number of phenols is 1. The number of nitrogens with zero attached hydrogens (tertiary/aromatic N) is 3. The number of urea groups is 1. The summed E-state index contributed by atoms with van der Waals surface area (Å²) in [6.45, 7) is 3.13. The topological polar surface area (TPSA) is 68.7 Å². The first kappa shape index (κ1) is 20.2. The molecule has 2 aromatic carbocycles. The van der Waals surface area contributed by atoms with E-state index < -0.39 is 0 Å². The number of fused-ring (bicyclic) bond motifs is 5. The van der Waals surface area contributed by atoms with Gasteiger partial charge in [-0.05, 0) is 67.9 Å². The van der Waals surface area contributed by atoms with Crippen molar-refractivity contribution < 1.29 is 14.3 Å². The van der Waals surface area contributed by atoms with Crippen LogP contribution < -0.4 is 5.32 Å². The van der Waals surface area contributed by atoms with Crippen molar-refractivity contribution in [2.24, 2.45) is 0 Å². The molecule has 2 N–H and O–H groups in total. The maximum atomic E-state index is 13.5. The fraction of sp³-hybridized carbons (Fsp3) is 0.391. The van der Waals surface area contributed by atoms with Crippen LogP contribution in [0.3, 0.4) is 0 Å². The number of anilines is 1. The zero-order valence-corrected chi connectivity index (χ0v) is 18.5. The van der Waals surface area contributed by atoms with E-state index in [-0.39, 0.29) is 35.1 Å². The third-order valence-electron chi connectivity index (χ3n) is 7.01. The highest BCUT2D eigenvalue weighted by Crippen LogP contribution is 2.47. The Hall–Kier alpha value is -2.71. The second kappa shape index (κ2) is 7.17. The highest BCUT2D eigenvalue weighted by Gasteiger charge is 2.52. The van der Waals surface area contributed by atoms with Crippen molar-refractivity contribution in [3.05, 3.63) is 53.3 Å². The summed E-state index contributed by atoms with van der Waals surface area (Å²) in [6.07, 6.45) is 1.71. The van der Waals surface area contributed by atoms with E-state index in [4.69, 9.17) is 0 Å². The monoisotopic (exact) mass is 440 g/mol. The molecule has 2 bridgehead atoms. The van der Waals surface area contributed by atoms with Gasteiger partial charge >= 0.3 is 6.03 Å². The number of piperidine rings is 1. The number of halogens is 1. The molecule has 3 unspecified atom stereocenters. The van der Waals surface area contributed by atoms with Crippen LogP contribution in [0.2, 0.25) is 0 Å². The van der Waals surface area contributed by atoms with Crippen LogP contribution in [0.5, 0.6) is 5.75 Å². The first-order valence-corrected chi connectivity index (χ1v) is 11.2. The van der Waals surface area contributed by atoms with Crippen molar-refractivity contribution in [3.8, 4) is 5.75 Å². The van der Waals surface area contributed by atoms with Gasteiger partial charge in [0.15, 0.2) is 5.13 Å². The largest absolute Gasteiger partial charge is 0.508 e. The van der Waals surface area contributed by atoms with Crippen LogP contribution in [0.4, 0.5) is 14.3 Å². The summed E-state index contributed by atoms with van der Waals surface area (Å²) in [4.78, 5) is 21.8. The molecule has 3 atom stereocenters. The Balaban J connectivity index is 1.46. The van der Waals surface area contributed by atoms with Crippen molar-refractivity contribution in [2.45, 2.75) is 37.3 Å². The lowest BCUT2D eigenvalue weighted by atomic mass is 9.61. The van der Waals surface area contributed by atoms with Gasteiger partial charge < -0.3 is 14.9 Å². The number of carbonyl (C=O) groups excluding carboxylic acids is 1. The lowest BCUT2D eigenvalue weighted by molar-refractivity contribution is 0.0213. The maximum absolute atomic E-state index is 13.5. The Morgan fingerprint density at radius 1 is 1.35 bits per heavy atom. The first-order valence-electron chi connectivity index (χ1n) is 10.4. The number of likely N-dealkylation sites (tertiary alicyclic amines) is 1. The van der Waals surface area contributed by atoms with Crippen LogP contribution in [0, 0.1) is 5.82 Å². The Labute approximate surface area is 184 Å². The number of hydrogen-bond donors (Lipinski definition) is 2. The minimum atomic E-state index is -0.320. The SMILES string of the molecule is CN1CCC2(C)c3cc(O)ccc3CC1C2N(C)C(=O)Nc1nc2ccc(F)cc2s1. The molecule has 6 nitrogen and oxygen atoms in total. The van der Waals surface area contributed by atoms with Crippen LogP contribution in [0.1, 0.15) is 24.5 Å². The number of aromatic nitrogens is 1. The summed E-state index contributed by atoms with van der Waals surface area (Å²) >= 11 is 1.26. The fourth-order valence-corrected chi connectivity index (χ4v) is 6.27. The van der Waals surface area contributed by atoms with E-state index in [0.29, 0.717) is 15.3 Å². The van der Waals surface area contributed by atoms with E-state index in [1.165, 1.54) is 29.0 Å². The molecule has 8 heteroatoms. The molecule has 3 aromatic rings. The third kappa shape index (κ3) is 3.25. The normalized spacial score (nSPS) is 25.3. The number of amides is 2. The molecule has 0 saturated carbocycles. The Morgan fingerprint density at radius 3 is 2.97 bits per heavy atom. The molecule has 1 saturated heterocycles. The number of likely N-dealkylation sites (N-methyl/N-ethyl adjacent to an activating group) is 2. The number of aromatic hydroxyl groups is 1. The Bertz CT molecular complexity index is 1180. The zero-order valence-electron chi connectivity index (χ0n) is 17.7. The molecular formula is C23H25FN4O2S. The van der Waals surface area contributed by atoms with Crippen molar-refractivity contribution in [1.82, 2.24) is 14.8 Å². The molecule has 1 aliphatic heterocycles. The van der Waals surface area contributed by atoms with E-state index >= 15 is 0 Å². The van der Waals surface area contributed by atoms with Gasteiger partial charge in [-0.2, -0.15) is 0 Å². The van der Waals surface area contributed by atoms with Crippen molar-refractivity contribution in [3.63, 3.8) is 0 Å². The summed E-state index contributed by atoms with van der Waals surface area (Å²) in [6, 6.07) is 9.89. The number of thiazole rings is 1. The predicted molar refractivity (Wildman–Crippen MR) is 120 cm³/mol. The molecule has 162 valence electrons. The smallest absolute Gasteiger partial charge is 0.323 e. The molecule has 1 aliphatic carbocycles. The predicted octanol–water partition coefficient (Wildman–Crippen LogP) is 4.19. The summed E-state index contributed by atoms with van der Waals surface area (Å²) in [7, 11) is 3.93. The van der Waals surface area contributed by atoms with Crippen molar-refractivity contribution in [1.29, 1.82) is 0 Å². The highest BCUT2D eigenvalue weighted by molar-refractivity contribution is 7.22. The summed E-state index contributed by atoms with van der Waals surface area (Å²) in [5.41, 5.74) is 2.74. The molecule has 0 spiro atoms. The van der Waals surface area contributed by atoms with Crippen LogP contribution in [-0.2, 0) is 11.8 Å². The van der Waals surface area contributed by atoms with Crippen molar-refractivity contribution in [2.75, 3.05) is 26.0 Å². The van der Waals surface area contributed by atoms with Gasteiger partial charge in [-0.1, -0.05) is 24.3 Å².